The molecule has 0 aliphatic heterocycles. The smallest absolute Gasteiger partial charge is 0.332 e. The second-order valence-corrected chi connectivity index (χ2v) is 3.31. The number of carboxylic acid groups (broad SMARTS) is 1. The molecule has 0 saturated carbocycles. The predicted octanol–water partition coefficient (Wildman–Crippen LogP) is 1.12. The van der Waals surface area contributed by atoms with Crippen molar-refractivity contribution in [1.82, 2.24) is 10.3 Å². The minimum absolute atomic E-state index is 0.168. The molecular formula is C11H14N2O2. The van der Waals surface area contributed by atoms with Crippen LogP contribution >= 0.6 is 0 Å². The van der Waals surface area contributed by atoms with E-state index in [0.717, 1.165) is 11.1 Å². The lowest BCUT2D eigenvalue weighted by atomic mass is 10.1. The summed E-state index contributed by atoms with van der Waals surface area (Å²) in [5.74, 6) is -0.964. The molecule has 0 bridgehead atoms. The van der Waals surface area contributed by atoms with Gasteiger partial charge in [0.1, 0.15) is 0 Å². The van der Waals surface area contributed by atoms with Gasteiger partial charge in [-0.1, -0.05) is 6.58 Å². The van der Waals surface area contributed by atoms with Gasteiger partial charge in [0, 0.05) is 31.1 Å². The van der Waals surface area contributed by atoms with E-state index in [1.165, 1.54) is 0 Å². The Balaban J connectivity index is 2.42. The lowest BCUT2D eigenvalue weighted by molar-refractivity contribution is -0.132. The van der Waals surface area contributed by atoms with Crippen molar-refractivity contribution in [2.75, 3.05) is 6.54 Å². The molecule has 1 aromatic rings. The third-order valence-electron chi connectivity index (χ3n) is 2.09. The van der Waals surface area contributed by atoms with E-state index in [1.807, 2.05) is 13.0 Å². The number of rotatable bonds is 5. The van der Waals surface area contributed by atoms with Crippen LogP contribution < -0.4 is 5.32 Å². The molecule has 15 heavy (non-hydrogen) atoms. The zero-order valence-electron chi connectivity index (χ0n) is 8.66. The molecule has 1 heterocycles. The summed E-state index contributed by atoms with van der Waals surface area (Å²) >= 11 is 0. The molecule has 0 unspecified atom stereocenters. The van der Waals surface area contributed by atoms with Gasteiger partial charge in [0.05, 0.1) is 0 Å². The van der Waals surface area contributed by atoms with Gasteiger partial charge in [-0.2, -0.15) is 0 Å². The molecule has 0 amide bonds. The summed E-state index contributed by atoms with van der Waals surface area (Å²) in [5, 5.41) is 11.6. The van der Waals surface area contributed by atoms with Crippen LogP contribution in [-0.2, 0) is 11.3 Å². The fourth-order valence-corrected chi connectivity index (χ4v) is 1.12. The number of carbonyl (C=O) groups is 1. The molecule has 80 valence electrons. The fourth-order valence-electron chi connectivity index (χ4n) is 1.12. The topological polar surface area (TPSA) is 62.2 Å². The Hall–Kier alpha value is -1.68. The second kappa shape index (κ2) is 5.26. The van der Waals surface area contributed by atoms with E-state index < -0.39 is 5.97 Å². The number of hydrogen-bond acceptors (Lipinski definition) is 3. The van der Waals surface area contributed by atoms with Crippen LogP contribution in [0.4, 0.5) is 0 Å². The second-order valence-electron chi connectivity index (χ2n) is 3.31. The van der Waals surface area contributed by atoms with Gasteiger partial charge in [0.15, 0.2) is 0 Å². The molecular weight excluding hydrogens is 192 g/mol. The molecule has 2 N–H and O–H groups in total. The minimum atomic E-state index is -0.964. The van der Waals surface area contributed by atoms with Crippen LogP contribution in [0.3, 0.4) is 0 Å². The predicted molar refractivity (Wildman–Crippen MR) is 57.5 cm³/mol. The number of aliphatic carboxylic acids is 1. The SMILES string of the molecule is C=C(CNCc1ccncc1C)C(=O)O. The maximum Gasteiger partial charge on any atom is 0.332 e. The van der Waals surface area contributed by atoms with Crippen LogP contribution in [0.25, 0.3) is 0 Å². The van der Waals surface area contributed by atoms with Crippen molar-refractivity contribution < 1.29 is 9.90 Å². The van der Waals surface area contributed by atoms with Crippen LogP contribution in [0.1, 0.15) is 11.1 Å². The molecule has 0 aliphatic rings. The largest absolute Gasteiger partial charge is 0.478 e. The zero-order valence-corrected chi connectivity index (χ0v) is 8.66. The van der Waals surface area contributed by atoms with E-state index in [4.69, 9.17) is 5.11 Å². The summed E-state index contributed by atoms with van der Waals surface area (Å²) < 4.78 is 0. The van der Waals surface area contributed by atoms with E-state index >= 15 is 0 Å². The molecule has 0 saturated heterocycles. The first-order chi connectivity index (χ1) is 7.11. The van der Waals surface area contributed by atoms with Crippen molar-refractivity contribution in [1.29, 1.82) is 0 Å². The number of pyridine rings is 1. The van der Waals surface area contributed by atoms with Gasteiger partial charge in [-0.05, 0) is 24.1 Å². The Kier molecular flexibility index (Phi) is 4.00. The van der Waals surface area contributed by atoms with Crippen molar-refractivity contribution in [2.45, 2.75) is 13.5 Å². The van der Waals surface area contributed by atoms with E-state index in [1.54, 1.807) is 12.4 Å². The van der Waals surface area contributed by atoms with Crippen molar-refractivity contribution in [3.63, 3.8) is 0 Å². The Bertz CT molecular complexity index is 375. The number of hydrogen-bond donors (Lipinski definition) is 2. The van der Waals surface area contributed by atoms with Gasteiger partial charge in [-0.25, -0.2) is 4.79 Å². The molecule has 0 aliphatic carbocycles. The first-order valence-electron chi connectivity index (χ1n) is 4.62. The molecule has 1 rings (SSSR count). The summed E-state index contributed by atoms with van der Waals surface area (Å²) in [7, 11) is 0. The van der Waals surface area contributed by atoms with Crippen LogP contribution in [0.2, 0.25) is 0 Å². The van der Waals surface area contributed by atoms with Crippen molar-refractivity contribution >= 4 is 5.97 Å². The third kappa shape index (κ3) is 3.52. The number of carboxylic acids is 1. The highest BCUT2D eigenvalue weighted by Crippen LogP contribution is 2.04. The van der Waals surface area contributed by atoms with Gasteiger partial charge >= 0.3 is 5.97 Å². The van der Waals surface area contributed by atoms with E-state index in [2.05, 4.69) is 16.9 Å². The van der Waals surface area contributed by atoms with E-state index in [-0.39, 0.29) is 12.1 Å². The molecule has 0 radical (unpaired) electrons. The summed E-state index contributed by atoms with van der Waals surface area (Å²) in [6.07, 6.45) is 3.50. The summed E-state index contributed by atoms with van der Waals surface area (Å²) in [5.41, 5.74) is 2.37. The van der Waals surface area contributed by atoms with Gasteiger partial charge in [-0.15, -0.1) is 0 Å². The normalized spacial score (nSPS) is 9.93. The Morgan fingerprint density at radius 2 is 2.40 bits per heavy atom. The van der Waals surface area contributed by atoms with Crippen LogP contribution in [-0.4, -0.2) is 22.6 Å². The van der Waals surface area contributed by atoms with Crippen molar-refractivity contribution in [3.05, 3.63) is 41.7 Å². The summed E-state index contributed by atoms with van der Waals surface area (Å²) in [6, 6.07) is 1.91. The third-order valence-corrected chi connectivity index (χ3v) is 2.09. The van der Waals surface area contributed by atoms with Gasteiger partial charge in [0.25, 0.3) is 0 Å². The van der Waals surface area contributed by atoms with Crippen molar-refractivity contribution in [3.8, 4) is 0 Å². The Morgan fingerprint density at radius 3 is 3.00 bits per heavy atom. The van der Waals surface area contributed by atoms with E-state index in [0.29, 0.717) is 6.54 Å². The fraction of sp³-hybridized carbons (Fsp3) is 0.273. The molecule has 4 nitrogen and oxygen atoms in total. The van der Waals surface area contributed by atoms with Crippen LogP contribution in [0.5, 0.6) is 0 Å². The summed E-state index contributed by atoms with van der Waals surface area (Å²) in [6.45, 7) is 6.32. The highest BCUT2D eigenvalue weighted by molar-refractivity contribution is 5.86. The lowest BCUT2D eigenvalue weighted by Gasteiger charge is -2.06. The quantitative estimate of drug-likeness (QED) is 0.709. The van der Waals surface area contributed by atoms with Crippen LogP contribution in [0.15, 0.2) is 30.6 Å². The highest BCUT2D eigenvalue weighted by Gasteiger charge is 2.03. The Morgan fingerprint density at radius 1 is 1.67 bits per heavy atom. The summed E-state index contributed by atoms with van der Waals surface area (Å²) in [4.78, 5) is 14.4. The molecule has 0 spiro atoms. The number of aryl methyl sites for hydroxylation is 1. The first-order valence-corrected chi connectivity index (χ1v) is 4.62. The number of nitrogens with one attached hydrogen (secondary N) is 1. The minimum Gasteiger partial charge on any atom is -0.478 e. The van der Waals surface area contributed by atoms with Gasteiger partial charge in [0.2, 0.25) is 0 Å². The highest BCUT2D eigenvalue weighted by atomic mass is 16.4. The molecule has 1 aromatic heterocycles. The lowest BCUT2D eigenvalue weighted by Crippen LogP contribution is -2.20. The molecule has 4 heteroatoms. The molecule has 0 fully saturated rings. The van der Waals surface area contributed by atoms with E-state index in [9.17, 15) is 4.79 Å². The zero-order chi connectivity index (χ0) is 11.3. The van der Waals surface area contributed by atoms with Crippen molar-refractivity contribution in [2.24, 2.45) is 0 Å². The molecule has 0 atom stereocenters. The number of nitrogens with zero attached hydrogens (tertiary/aromatic N) is 1. The maximum atomic E-state index is 10.5. The maximum absolute atomic E-state index is 10.5. The van der Waals surface area contributed by atoms with Crippen LogP contribution in [0, 0.1) is 6.92 Å². The first kappa shape index (κ1) is 11.4. The monoisotopic (exact) mass is 206 g/mol. The number of aromatic nitrogens is 1. The van der Waals surface area contributed by atoms with Gasteiger partial charge < -0.3 is 10.4 Å². The Labute approximate surface area is 88.7 Å². The van der Waals surface area contributed by atoms with Gasteiger partial charge in [-0.3, -0.25) is 4.98 Å². The molecule has 0 aromatic carbocycles. The standard InChI is InChI=1S/C11H14N2O2/c1-8-5-12-4-3-10(8)7-13-6-9(2)11(14)15/h3-5,13H,2,6-7H2,1H3,(H,14,15). The average Bonchev–Trinajstić information content (AvgIpc) is 2.20. The average molecular weight is 206 g/mol.